The van der Waals surface area contributed by atoms with E-state index in [1.165, 1.54) is 0 Å². The summed E-state index contributed by atoms with van der Waals surface area (Å²) in [7, 11) is 0. The number of rotatable bonds is 9. The normalized spacial score (nSPS) is 15.7. The van der Waals surface area contributed by atoms with Crippen LogP contribution in [0.25, 0.3) is 0 Å². The molecule has 2 amide bonds. The lowest BCUT2D eigenvalue weighted by Crippen LogP contribution is -2.31. The van der Waals surface area contributed by atoms with Crippen molar-refractivity contribution in [2.24, 2.45) is 5.92 Å². The van der Waals surface area contributed by atoms with Gasteiger partial charge in [0.2, 0.25) is 11.8 Å². The molecule has 3 rings (SSSR count). The highest BCUT2D eigenvalue weighted by Crippen LogP contribution is 2.16. The molecule has 1 aliphatic rings. The Labute approximate surface area is 172 Å². The SMILES string of the molecule is Cc1ccccc1OCCCC(=O)Nc1ccc(CNC(=O)C2CCNC2)cc1. The molecule has 3 N–H and O–H groups in total. The lowest BCUT2D eigenvalue weighted by Gasteiger charge is -2.11. The summed E-state index contributed by atoms with van der Waals surface area (Å²) in [6, 6.07) is 15.4. The van der Waals surface area contributed by atoms with Gasteiger partial charge in [0.25, 0.3) is 0 Å². The maximum atomic E-state index is 12.1. The van der Waals surface area contributed by atoms with Gasteiger partial charge in [0.05, 0.1) is 12.5 Å². The highest BCUT2D eigenvalue weighted by Gasteiger charge is 2.21. The first kappa shape index (κ1) is 20.9. The maximum absolute atomic E-state index is 12.1. The van der Waals surface area contributed by atoms with Crippen LogP contribution in [0.3, 0.4) is 0 Å². The van der Waals surface area contributed by atoms with Crippen LogP contribution >= 0.6 is 0 Å². The fourth-order valence-corrected chi connectivity index (χ4v) is 3.27. The van der Waals surface area contributed by atoms with Crippen LogP contribution in [0, 0.1) is 12.8 Å². The molecule has 1 saturated heterocycles. The third kappa shape index (κ3) is 6.61. The minimum absolute atomic E-state index is 0.0341. The van der Waals surface area contributed by atoms with Crippen LogP contribution in [0.5, 0.6) is 5.75 Å². The van der Waals surface area contributed by atoms with Crippen molar-refractivity contribution in [3.63, 3.8) is 0 Å². The van der Waals surface area contributed by atoms with Crippen molar-refractivity contribution in [1.29, 1.82) is 0 Å². The van der Waals surface area contributed by atoms with E-state index in [0.717, 1.165) is 42.1 Å². The van der Waals surface area contributed by atoms with E-state index < -0.39 is 0 Å². The van der Waals surface area contributed by atoms with Gasteiger partial charge in [0.1, 0.15) is 5.75 Å². The van der Waals surface area contributed by atoms with Crippen molar-refractivity contribution >= 4 is 17.5 Å². The van der Waals surface area contributed by atoms with Crippen molar-refractivity contribution in [3.8, 4) is 5.75 Å². The quantitative estimate of drug-likeness (QED) is 0.570. The fraction of sp³-hybridized carbons (Fsp3) is 0.391. The summed E-state index contributed by atoms with van der Waals surface area (Å²) in [6.07, 6.45) is 1.95. The Bertz CT molecular complexity index is 814. The molecule has 1 heterocycles. The van der Waals surface area contributed by atoms with Gasteiger partial charge in [0.15, 0.2) is 0 Å². The number of amides is 2. The zero-order valence-electron chi connectivity index (χ0n) is 16.9. The molecule has 0 aliphatic carbocycles. The second kappa shape index (κ2) is 10.6. The number of nitrogens with one attached hydrogen (secondary N) is 3. The summed E-state index contributed by atoms with van der Waals surface area (Å²) in [6.45, 7) is 4.67. The Morgan fingerprint density at radius 1 is 1.14 bits per heavy atom. The van der Waals surface area contributed by atoms with Crippen LogP contribution in [-0.4, -0.2) is 31.5 Å². The van der Waals surface area contributed by atoms with Gasteiger partial charge < -0.3 is 20.7 Å². The zero-order chi connectivity index (χ0) is 20.5. The molecule has 0 radical (unpaired) electrons. The number of hydrogen-bond donors (Lipinski definition) is 3. The molecular formula is C23H29N3O3. The van der Waals surface area contributed by atoms with Gasteiger partial charge in [-0.05, 0) is 55.6 Å². The van der Waals surface area contributed by atoms with Crippen molar-refractivity contribution in [2.75, 3.05) is 25.0 Å². The van der Waals surface area contributed by atoms with Gasteiger partial charge in [-0.2, -0.15) is 0 Å². The van der Waals surface area contributed by atoms with Crippen LogP contribution in [0.1, 0.15) is 30.4 Å². The van der Waals surface area contributed by atoms with Crippen molar-refractivity contribution in [1.82, 2.24) is 10.6 Å². The van der Waals surface area contributed by atoms with Crippen molar-refractivity contribution < 1.29 is 14.3 Å². The van der Waals surface area contributed by atoms with E-state index in [9.17, 15) is 9.59 Å². The summed E-state index contributed by atoms with van der Waals surface area (Å²) in [5.41, 5.74) is 2.85. The topological polar surface area (TPSA) is 79.5 Å². The number of anilines is 1. The Balaban J connectivity index is 1.35. The molecule has 2 aromatic carbocycles. The van der Waals surface area contributed by atoms with Gasteiger partial charge >= 0.3 is 0 Å². The molecule has 0 aromatic heterocycles. The molecule has 0 bridgehead atoms. The van der Waals surface area contributed by atoms with E-state index in [0.29, 0.717) is 26.0 Å². The first-order valence-electron chi connectivity index (χ1n) is 10.2. The van der Waals surface area contributed by atoms with Gasteiger partial charge in [-0.3, -0.25) is 9.59 Å². The first-order chi connectivity index (χ1) is 14.1. The van der Waals surface area contributed by atoms with Crippen LogP contribution < -0.4 is 20.7 Å². The van der Waals surface area contributed by atoms with E-state index in [4.69, 9.17) is 4.74 Å². The molecular weight excluding hydrogens is 366 g/mol. The van der Waals surface area contributed by atoms with Crippen LogP contribution in [-0.2, 0) is 16.1 Å². The minimum atomic E-state index is -0.0341. The number of para-hydroxylation sites is 1. The second-order valence-corrected chi connectivity index (χ2v) is 7.37. The first-order valence-corrected chi connectivity index (χ1v) is 10.2. The van der Waals surface area contributed by atoms with Crippen molar-refractivity contribution in [2.45, 2.75) is 32.7 Å². The molecule has 154 valence electrons. The number of carbonyl (C=O) groups is 2. The standard InChI is InChI=1S/C23H29N3O3/c1-17-5-2-3-6-21(17)29-14-4-7-22(27)26-20-10-8-18(9-11-20)15-25-23(28)19-12-13-24-16-19/h2-3,5-6,8-11,19,24H,4,7,12-16H2,1H3,(H,25,28)(H,26,27). The zero-order valence-corrected chi connectivity index (χ0v) is 16.9. The second-order valence-electron chi connectivity index (χ2n) is 7.37. The molecule has 1 aliphatic heterocycles. The lowest BCUT2D eigenvalue weighted by atomic mass is 10.1. The molecule has 29 heavy (non-hydrogen) atoms. The molecule has 0 spiro atoms. The smallest absolute Gasteiger partial charge is 0.224 e. The number of carbonyl (C=O) groups excluding carboxylic acids is 2. The summed E-state index contributed by atoms with van der Waals surface area (Å²) in [4.78, 5) is 24.2. The highest BCUT2D eigenvalue weighted by molar-refractivity contribution is 5.90. The van der Waals surface area contributed by atoms with E-state index in [1.54, 1.807) is 0 Å². The summed E-state index contributed by atoms with van der Waals surface area (Å²) < 4.78 is 5.72. The average molecular weight is 396 g/mol. The fourth-order valence-electron chi connectivity index (χ4n) is 3.27. The van der Waals surface area contributed by atoms with E-state index >= 15 is 0 Å². The predicted octanol–water partition coefficient (Wildman–Crippen LogP) is 3.02. The van der Waals surface area contributed by atoms with Crippen LogP contribution in [0.4, 0.5) is 5.69 Å². The third-order valence-corrected chi connectivity index (χ3v) is 5.03. The molecule has 6 heteroatoms. The van der Waals surface area contributed by atoms with E-state index in [-0.39, 0.29) is 17.7 Å². The number of hydrogen-bond acceptors (Lipinski definition) is 4. The molecule has 6 nitrogen and oxygen atoms in total. The summed E-state index contributed by atoms with van der Waals surface area (Å²) >= 11 is 0. The van der Waals surface area contributed by atoms with Gasteiger partial charge in [-0.15, -0.1) is 0 Å². The summed E-state index contributed by atoms with van der Waals surface area (Å²) in [5, 5.41) is 9.07. The Morgan fingerprint density at radius 3 is 2.66 bits per heavy atom. The molecule has 1 atom stereocenters. The minimum Gasteiger partial charge on any atom is -0.493 e. The molecule has 1 unspecified atom stereocenters. The lowest BCUT2D eigenvalue weighted by molar-refractivity contribution is -0.124. The number of aryl methyl sites for hydroxylation is 1. The third-order valence-electron chi connectivity index (χ3n) is 5.03. The molecule has 1 fully saturated rings. The number of ether oxygens (including phenoxy) is 1. The van der Waals surface area contributed by atoms with E-state index in [2.05, 4.69) is 16.0 Å². The van der Waals surface area contributed by atoms with Crippen molar-refractivity contribution in [3.05, 3.63) is 59.7 Å². The maximum Gasteiger partial charge on any atom is 0.224 e. The van der Waals surface area contributed by atoms with Gasteiger partial charge in [-0.25, -0.2) is 0 Å². The summed E-state index contributed by atoms with van der Waals surface area (Å²) in [5.74, 6) is 0.997. The van der Waals surface area contributed by atoms with Crippen LogP contribution in [0.2, 0.25) is 0 Å². The Kier molecular flexibility index (Phi) is 7.64. The highest BCUT2D eigenvalue weighted by atomic mass is 16.5. The monoisotopic (exact) mass is 395 g/mol. The van der Waals surface area contributed by atoms with Crippen LogP contribution in [0.15, 0.2) is 48.5 Å². The molecule has 2 aromatic rings. The predicted molar refractivity (Wildman–Crippen MR) is 114 cm³/mol. The van der Waals surface area contributed by atoms with E-state index in [1.807, 2.05) is 55.5 Å². The number of benzene rings is 2. The largest absolute Gasteiger partial charge is 0.493 e. The molecule has 0 saturated carbocycles. The average Bonchev–Trinajstić information content (AvgIpc) is 3.27. The van der Waals surface area contributed by atoms with Gasteiger partial charge in [-0.1, -0.05) is 30.3 Å². The Morgan fingerprint density at radius 2 is 1.93 bits per heavy atom. The Hall–Kier alpha value is -2.86. The van der Waals surface area contributed by atoms with Gasteiger partial charge in [0, 0.05) is 25.2 Å².